The molecule has 0 aromatic carbocycles. The summed E-state index contributed by atoms with van der Waals surface area (Å²) in [6, 6.07) is 0. The van der Waals surface area contributed by atoms with Gasteiger partial charge in [-0.2, -0.15) is 0 Å². The van der Waals surface area contributed by atoms with Crippen LogP contribution in [-0.2, 0) is 28.2 Å². The van der Waals surface area contributed by atoms with Gasteiger partial charge in [-0.15, -0.1) is 0 Å². The third kappa shape index (κ3) is 38.0. The molecule has 0 aromatic heterocycles. The predicted octanol–water partition coefficient (Wildman–Crippen LogP) is 11.3. The number of hydrogen-bond donors (Lipinski definition) is 2. The van der Waals surface area contributed by atoms with Crippen LogP contribution >= 0.6 is 7.82 Å². The zero-order valence-corrected chi connectivity index (χ0v) is 31.9. The van der Waals surface area contributed by atoms with Crippen LogP contribution in [0, 0.1) is 0 Å². The molecule has 0 spiro atoms. The molecule has 0 amide bonds. The lowest BCUT2D eigenvalue weighted by Gasteiger charge is -2.18. The molecule has 0 rings (SSSR count). The van der Waals surface area contributed by atoms with Crippen LogP contribution in [0.1, 0.15) is 142 Å². The summed E-state index contributed by atoms with van der Waals surface area (Å²) in [5.74, 6) is -0.969. The number of esters is 2. The van der Waals surface area contributed by atoms with E-state index in [0.717, 1.165) is 77.0 Å². The Morgan fingerprint density at radius 3 is 1.46 bits per heavy atom. The van der Waals surface area contributed by atoms with Crippen molar-refractivity contribution in [2.45, 2.75) is 148 Å². The summed E-state index contributed by atoms with van der Waals surface area (Å²) in [5, 5.41) is 0. The van der Waals surface area contributed by atoms with Gasteiger partial charge in [0, 0.05) is 12.8 Å². The van der Waals surface area contributed by atoms with Gasteiger partial charge in [-0.3, -0.25) is 14.1 Å². The van der Waals surface area contributed by atoms with E-state index >= 15 is 0 Å². The Labute approximate surface area is 303 Å². The fraction of sp³-hybridized carbons (Fsp3) is 0.610. The number of unbranched alkanes of at least 4 members (excludes halogenated alkanes) is 9. The fourth-order valence-corrected chi connectivity index (χ4v) is 4.96. The minimum atomic E-state index is -4.77. The maximum Gasteiger partial charge on any atom is 0.469 e. The molecule has 1 atom stereocenters. The average molecular weight is 719 g/mol. The molecule has 0 unspecified atom stereocenters. The van der Waals surface area contributed by atoms with Gasteiger partial charge in [0.05, 0.1) is 6.61 Å². The quantitative estimate of drug-likeness (QED) is 0.0298. The third-order valence-electron chi connectivity index (χ3n) is 7.40. The normalized spacial score (nSPS) is 13.4. The Balaban J connectivity index is 4.11. The summed E-state index contributed by atoms with van der Waals surface area (Å²) in [5.41, 5.74) is 0. The number of carbonyl (C=O) groups is 2. The second kappa shape index (κ2) is 36.0. The lowest BCUT2D eigenvalue weighted by Crippen LogP contribution is -2.29. The Hall–Kier alpha value is -2.77. The first kappa shape index (κ1) is 47.2. The highest BCUT2D eigenvalue weighted by Gasteiger charge is 2.22. The van der Waals surface area contributed by atoms with Gasteiger partial charge in [0.2, 0.25) is 0 Å². The molecule has 0 heterocycles. The lowest BCUT2D eigenvalue weighted by atomic mass is 10.1. The van der Waals surface area contributed by atoms with Crippen LogP contribution in [0.5, 0.6) is 0 Å². The monoisotopic (exact) mass is 718 g/mol. The van der Waals surface area contributed by atoms with E-state index in [-0.39, 0.29) is 19.4 Å². The van der Waals surface area contributed by atoms with Crippen molar-refractivity contribution in [3.05, 3.63) is 85.1 Å². The van der Waals surface area contributed by atoms with Gasteiger partial charge in [0.15, 0.2) is 6.10 Å². The zero-order valence-electron chi connectivity index (χ0n) is 31.0. The van der Waals surface area contributed by atoms with E-state index in [1.54, 1.807) is 0 Å². The topological polar surface area (TPSA) is 119 Å². The minimum absolute atomic E-state index is 0.149. The zero-order chi connectivity index (χ0) is 36.8. The number of phosphoric ester groups is 1. The molecule has 0 saturated heterocycles. The second-order valence-electron chi connectivity index (χ2n) is 12.2. The number of ether oxygens (including phenoxy) is 2. The van der Waals surface area contributed by atoms with Gasteiger partial charge in [-0.25, -0.2) is 4.57 Å². The second-order valence-corrected chi connectivity index (χ2v) is 13.4. The van der Waals surface area contributed by atoms with Gasteiger partial charge >= 0.3 is 19.8 Å². The molecular formula is C41H67O8P. The van der Waals surface area contributed by atoms with E-state index < -0.39 is 32.5 Å². The smallest absolute Gasteiger partial charge is 0.462 e. The van der Waals surface area contributed by atoms with Gasteiger partial charge in [0.25, 0.3) is 0 Å². The van der Waals surface area contributed by atoms with Crippen molar-refractivity contribution in [2.24, 2.45) is 0 Å². The third-order valence-corrected chi connectivity index (χ3v) is 7.88. The molecule has 0 radical (unpaired) electrons. The molecule has 0 aliphatic heterocycles. The Morgan fingerprint density at radius 1 is 0.540 bits per heavy atom. The minimum Gasteiger partial charge on any atom is -0.462 e. The van der Waals surface area contributed by atoms with E-state index in [0.29, 0.717) is 12.8 Å². The van der Waals surface area contributed by atoms with Crippen molar-refractivity contribution in [2.75, 3.05) is 13.2 Å². The van der Waals surface area contributed by atoms with Crippen LogP contribution in [0.4, 0.5) is 0 Å². The van der Waals surface area contributed by atoms with Crippen LogP contribution in [0.15, 0.2) is 85.1 Å². The van der Waals surface area contributed by atoms with E-state index in [4.69, 9.17) is 19.3 Å². The first-order valence-electron chi connectivity index (χ1n) is 18.9. The molecule has 0 bridgehead atoms. The maximum atomic E-state index is 12.3. The summed E-state index contributed by atoms with van der Waals surface area (Å²) in [6.07, 6.45) is 47.3. The van der Waals surface area contributed by atoms with Crippen LogP contribution in [0.2, 0.25) is 0 Å². The number of phosphoric acid groups is 1. The standard InChI is InChI=1S/C41H67O8P/c1-3-5-7-9-11-13-15-17-19-20-22-23-25-27-29-31-33-35-40(42)47-37-39(38-48-50(44,45)46)49-41(43)36-34-32-30-28-26-24-21-18-16-14-12-10-8-6-4-2/h6,8,11-14,17-19,21-23,26,28,39H,3-5,7,9-10,15-16,20,24-25,27,29-38H2,1-2H3,(H2,44,45,46)/b8-6-,13-11-,14-12-,19-17-,21-18-,23-22-,28-26-/t39-/m1/s1. The molecule has 0 saturated carbocycles. The van der Waals surface area contributed by atoms with Gasteiger partial charge in [0.1, 0.15) is 6.61 Å². The van der Waals surface area contributed by atoms with Crippen molar-refractivity contribution in [1.29, 1.82) is 0 Å². The summed E-state index contributed by atoms with van der Waals surface area (Å²) in [7, 11) is -4.77. The van der Waals surface area contributed by atoms with Crippen LogP contribution in [0.25, 0.3) is 0 Å². The molecule has 0 aromatic rings. The Kier molecular flexibility index (Phi) is 34.0. The molecule has 2 N–H and O–H groups in total. The highest BCUT2D eigenvalue weighted by Crippen LogP contribution is 2.35. The van der Waals surface area contributed by atoms with Crippen LogP contribution in [-0.4, -0.2) is 41.0 Å². The Morgan fingerprint density at radius 2 is 0.960 bits per heavy atom. The van der Waals surface area contributed by atoms with Crippen LogP contribution in [0.3, 0.4) is 0 Å². The fourth-order valence-electron chi connectivity index (χ4n) is 4.60. The van der Waals surface area contributed by atoms with Gasteiger partial charge in [-0.1, -0.05) is 125 Å². The molecule has 0 aliphatic carbocycles. The summed E-state index contributed by atoms with van der Waals surface area (Å²) >= 11 is 0. The summed E-state index contributed by atoms with van der Waals surface area (Å²) in [6.45, 7) is 3.46. The average Bonchev–Trinajstić information content (AvgIpc) is 3.08. The van der Waals surface area contributed by atoms with Gasteiger partial charge in [-0.05, 0) is 89.9 Å². The predicted molar refractivity (Wildman–Crippen MR) is 207 cm³/mol. The van der Waals surface area contributed by atoms with Crippen LogP contribution < -0.4 is 0 Å². The number of hydrogen-bond acceptors (Lipinski definition) is 6. The first-order chi connectivity index (χ1) is 24.3. The highest BCUT2D eigenvalue weighted by molar-refractivity contribution is 7.46. The molecule has 9 heteroatoms. The van der Waals surface area contributed by atoms with Crippen molar-refractivity contribution >= 4 is 19.8 Å². The number of carbonyl (C=O) groups excluding carboxylic acids is 2. The molecule has 0 aliphatic rings. The lowest BCUT2D eigenvalue weighted by molar-refractivity contribution is -0.161. The van der Waals surface area contributed by atoms with Crippen molar-refractivity contribution in [3.8, 4) is 0 Å². The highest BCUT2D eigenvalue weighted by atomic mass is 31.2. The molecule has 284 valence electrons. The summed E-state index contributed by atoms with van der Waals surface area (Å²) in [4.78, 5) is 42.7. The molecule has 50 heavy (non-hydrogen) atoms. The van der Waals surface area contributed by atoms with E-state index in [2.05, 4.69) is 103 Å². The SMILES string of the molecule is CC/C=C\C/C=C\C/C=C\C/C=C\CCCCC(=O)O[C@H](COC(=O)CCCCCC/C=C\C/C=C\C/C=C\CCCCC)COP(=O)(O)O. The number of rotatable bonds is 33. The van der Waals surface area contributed by atoms with Gasteiger partial charge < -0.3 is 19.3 Å². The van der Waals surface area contributed by atoms with Crippen molar-refractivity contribution < 1.29 is 37.9 Å². The summed E-state index contributed by atoms with van der Waals surface area (Å²) < 4.78 is 26.2. The molecule has 8 nitrogen and oxygen atoms in total. The molecular weight excluding hydrogens is 651 g/mol. The van der Waals surface area contributed by atoms with Crippen molar-refractivity contribution in [1.82, 2.24) is 0 Å². The van der Waals surface area contributed by atoms with Crippen molar-refractivity contribution in [3.63, 3.8) is 0 Å². The Bertz CT molecular complexity index is 1080. The van der Waals surface area contributed by atoms with E-state index in [9.17, 15) is 14.2 Å². The number of allylic oxidation sites excluding steroid dienone is 14. The first-order valence-corrected chi connectivity index (χ1v) is 20.4. The maximum absolute atomic E-state index is 12.3. The van der Waals surface area contributed by atoms with E-state index in [1.807, 2.05) is 0 Å². The van der Waals surface area contributed by atoms with E-state index in [1.165, 1.54) is 25.7 Å². The largest absolute Gasteiger partial charge is 0.469 e. The molecule has 0 fully saturated rings.